The molecular formula is C21H20N4O2S2. The molecule has 148 valence electrons. The minimum Gasteiger partial charge on any atom is -0.350 e. The number of nitrogens with one attached hydrogen (secondary N) is 1. The first-order valence-corrected chi connectivity index (χ1v) is 11.2. The van der Waals surface area contributed by atoms with Crippen molar-refractivity contribution >= 4 is 44.9 Å². The molecule has 0 saturated carbocycles. The van der Waals surface area contributed by atoms with Crippen LogP contribution in [0.1, 0.15) is 28.6 Å². The predicted molar refractivity (Wildman–Crippen MR) is 118 cm³/mol. The van der Waals surface area contributed by atoms with Gasteiger partial charge in [0.25, 0.3) is 11.5 Å². The van der Waals surface area contributed by atoms with Gasteiger partial charge in [0.1, 0.15) is 4.88 Å². The van der Waals surface area contributed by atoms with Crippen molar-refractivity contribution in [3.05, 3.63) is 69.7 Å². The van der Waals surface area contributed by atoms with E-state index in [1.165, 1.54) is 15.7 Å². The monoisotopic (exact) mass is 424 g/mol. The Bertz CT molecular complexity index is 1220. The molecular weight excluding hydrogens is 404 g/mol. The molecule has 1 amide bonds. The van der Waals surface area contributed by atoms with Gasteiger partial charge in [0.2, 0.25) is 0 Å². The van der Waals surface area contributed by atoms with Crippen LogP contribution in [-0.4, -0.2) is 32.6 Å². The van der Waals surface area contributed by atoms with E-state index in [2.05, 4.69) is 22.2 Å². The molecule has 0 aliphatic carbocycles. The Hall–Kier alpha value is -2.71. The average Bonchev–Trinajstić information content (AvgIpc) is 3.17. The number of thiazole rings is 1. The Balaban J connectivity index is 1.50. The molecule has 0 aliphatic heterocycles. The van der Waals surface area contributed by atoms with Crippen molar-refractivity contribution in [1.29, 1.82) is 0 Å². The van der Waals surface area contributed by atoms with Gasteiger partial charge in [0.15, 0.2) is 4.96 Å². The van der Waals surface area contributed by atoms with Gasteiger partial charge in [-0.3, -0.25) is 19.0 Å². The van der Waals surface area contributed by atoms with E-state index < -0.39 is 0 Å². The third kappa shape index (κ3) is 4.33. The van der Waals surface area contributed by atoms with E-state index in [0.29, 0.717) is 27.3 Å². The zero-order chi connectivity index (χ0) is 20.2. The zero-order valence-corrected chi connectivity index (χ0v) is 17.6. The van der Waals surface area contributed by atoms with Gasteiger partial charge in [0.05, 0.1) is 10.9 Å². The first-order chi connectivity index (χ1) is 14.2. The molecule has 3 aromatic heterocycles. The van der Waals surface area contributed by atoms with E-state index >= 15 is 0 Å². The fourth-order valence-corrected chi connectivity index (χ4v) is 4.71. The number of thioether (sulfide) groups is 1. The molecule has 0 radical (unpaired) electrons. The molecule has 0 fully saturated rings. The highest BCUT2D eigenvalue weighted by Gasteiger charge is 2.14. The lowest BCUT2D eigenvalue weighted by Gasteiger charge is -2.03. The summed E-state index contributed by atoms with van der Waals surface area (Å²) in [7, 11) is 0. The first kappa shape index (κ1) is 19.6. The van der Waals surface area contributed by atoms with Gasteiger partial charge in [-0.25, -0.2) is 4.98 Å². The molecule has 3 heterocycles. The second-order valence-electron chi connectivity index (χ2n) is 6.55. The Labute approximate surface area is 176 Å². The number of hydrogen-bond acceptors (Lipinski definition) is 6. The van der Waals surface area contributed by atoms with Gasteiger partial charge < -0.3 is 5.32 Å². The summed E-state index contributed by atoms with van der Waals surface area (Å²) in [5, 5.41) is 3.50. The van der Waals surface area contributed by atoms with Crippen LogP contribution < -0.4 is 10.9 Å². The molecule has 1 aromatic carbocycles. The van der Waals surface area contributed by atoms with Crippen molar-refractivity contribution in [2.45, 2.75) is 24.7 Å². The van der Waals surface area contributed by atoms with Crippen molar-refractivity contribution < 1.29 is 4.79 Å². The lowest BCUT2D eigenvalue weighted by Crippen LogP contribution is -2.25. The topological polar surface area (TPSA) is 76.4 Å². The van der Waals surface area contributed by atoms with Gasteiger partial charge >= 0.3 is 0 Å². The molecule has 0 atom stereocenters. The van der Waals surface area contributed by atoms with Crippen LogP contribution in [0.2, 0.25) is 0 Å². The number of rotatable bonds is 7. The van der Waals surface area contributed by atoms with Crippen LogP contribution in [0.3, 0.4) is 0 Å². The third-order valence-electron chi connectivity index (χ3n) is 4.45. The highest BCUT2D eigenvalue weighted by atomic mass is 32.2. The van der Waals surface area contributed by atoms with Crippen molar-refractivity contribution in [1.82, 2.24) is 19.7 Å². The zero-order valence-electron chi connectivity index (χ0n) is 15.9. The maximum atomic E-state index is 12.9. The van der Waals surface area contributed by atoms with Crippen LogP contribution in [-0.2, 0) is 6.42 Å². The number of pyridine rings is 1. The van der Waals surface area contributed by atoms with Crippen LogP contribution in [0.25, 0.3) is 15.9 Å². The number of benzene rings is 1. The molecule has 1 N–H and O–H groups in total. The van der Waals surface area contributed by atoms with Crippen molar-refractivity contribution in [2.24, 2.45) is 0 Å². The molecule has 0 saturated heterocycles. The predicted octanol–water partition coefficient (Wildman–Crippen LogP) is 3.78. The average molecular weight is 425 g/mol. The Morgan fingerprint density at radius 1 is 1.24 bits per heavy atom. The normalized spacial score (nSPS) is 11.2. The SMILES string of the molecule is CCCc1ccc2nc3sc(C(=O)NCCSc4ccncc4)cn3c(=O)c2c1. The molecule has 29 heavy (non-hydrogen) atoms. The molecule has 0 spiro atoms. The highest BCUT2D eigenvalue weighted by molar-refractivity contribution is 7.99. The Morgan fingerprint density at radius 3 is 2.86 bits per heavy atom. The number of aromatic nitrogens is 3. The highest BCUT2D eigenvalue weighted by Crippen LogP contribution is 2.19. The number of amides is 1. The van der Waals surface area contributed by atoms with Crippen molar-refractivity contribution in [3.8, 4) is 0 Å². The maximum absolute atomic E-state index is 12.9. The maximum Gasteiger partial charge on any atom is 0.266 e. The quantitative estimate of drug-likeness (QED) is 0.361. The van der Waals surface area contributed by atoms with E-state index in [1.54, 1.807) is 30.4 Å². The van der Waals surface area contributed by atoms with Crippen LogP contribution in [0.15, 0.2) is 58.6 Å². The van der Waals surface area contributed by atoms with E-state index in [1.807, 2.05) is 30.3 Å². The number of carbonyl (C=O) groups is 1. The number of fused-ring (bicyclic) bond motifs is 2. The molecule has 8 heteroatoms. The third-order valence-corrected chi connectivity index (χ3v) is 6.44. The van der Waals surface area contributed by atoms with Crippen molar-refractivity contribution in [3.63, 3.8) is 0 Å². The lowest BCUT2D eigenvalue weighted by atomic mass is 10.1. The standard InChI is InChI=1S/C21H20N4O2S2/c1-2-3-14-4-5-17-16(12-14)20(27)25-13-18(29-21(25)24-17)19(26)23-10-11-28-15-6-8-22-9-7-15/h4-9,12-13H,2-3,10-11H2,1H3,(H,23,26). The van der Waals surface area contributed by atoms with Crippen LogP contribution >= 0.6 is 23.1 Å². The van der Waals surface area contributed by atoms with Crippen LogP contribution in [0.4, 0.5) is 0 Å². The second kappa shape index (κ2) is 8.75. The minimum absolute atomic E-state index is 0.133. The number of aryl methyl sites for hydroxylation is 1. The molecule has 6 nitrogen and oxygen atoms in total. The molecule has 0 unspecified atom stereocenters. The van der Waals surface area contributed by atoms with Crippen molar-refractivity contribution in [2.75, 3.05) is 12.3 Å². The number of nitrogens with zero attached hydrogens (tertiary/aromatic N) is 3. The van der Waals surface area contributed by atoms with Crippen LogP contribution in [0, 0.1) is 0 Å². The Kier molecular flexibility index (Phi) is 5.92. The van der Waals surface area contributed by atoms with E-state index in [4.69, 9.17) is 0 Å². The summed E-state index contributed by atoms with van der Waals surface area (Å²) in [6, 6.07) is 9.68. The largest absolute Gasteiger partial charge is 0.350 e. The lowest BCUT2D eigenvalue weighted by molar-refractivity contribution is 0.0960. The molecule has 4 rings (SSSR count). The van der Waals surface area contributed by atoms with Gasteiger partial charge in [-0.05, 0) is 36.2 Å². The summed E-state index contributed by atoms with van der Waals surface area (Å²) in [6.07, 6.45) is 7.03. The molecule has 0 bridgehead atoms. The second-order valence-corrected chi connectivity index (χ2v) is 8.73. The summed E-state index contributed by atoms with van der Waals surface area (Å²) < 4.78 is 1.48. The van der Waals surface area contributed by atoms with Crippen LogP contribution in [0.5, 0.6) is 0 Å². The van der Waals surface area contributed by atoms with Gasteiger partial charge in [0, 0.05) is 35.8 Å². The van der Waals surface area contributed by atoms with Gasteiger partial charge in [-0.2, -0.15) is 0 Å². The first-order valence-electron chi connectivity index (χ1n) is 9.41. The number of hydrogen-bond donors (Lipinski definition) is 1. The number of carbonyl (C=O) groups excluding carboxylic acids is 1. The molecule has 0 aliphatic rings. The summed E-state index contributed by atoms with van der Waals surface area (Å²) in [6.45, 7) is 2.64. The smallest absolute Gasteiger partial charge is 0.266 e. The van der Waals surface area contributed by atoms with Gasteiger partial charge in [-0.1, -0.05) is 30.7 Å². The van der Waals surface area contributed by atoms with E-state index in [-0.39, 0.29) is 11.5 Å². The fraction of sp³-hybridized carbons (Fsp3) is 0.238. The molecule has 4 aromatic rings. The van der Waals surface area contributed by atoms with E-state index in [0.717, 1.165) is 29.1 Å². The van der Waals surface area contributed by atoms with Gasteiger partial charge in [-0.15, -0.1) is 11.8 Å². The summed E-state index contributed by atoms with van der Waals surface area (Å²) in [5.74, 6) is 0.564. The van der Waals surface area contributed by atoms with E-state index in [9.17, 15) is 9.59 Å². The Morgan fingerprint density at radius 2 is 2.07 bits per heavy atom. The fourth-order valence-electron chi connectivity index (χ4n) is 3.06. The summed E-state index contributed by atoms with van der Waals surface area (Å²) >= 11 is 2.88. The minimum atomic E-state index is -0.189. The summed E-state index contributed by atoms with van der Waals surface area (Å²) in [4.78, 5) is 36.1. The summed E-state index contributed by atoms with van der Waals surface area (Å²) in [5.41, 5.74) is 1.66.